The quantitative estimate of drug-likeness (QED) is 0.248. The van der Waals surface area contributed by atoms with Crippen LogP contribution >= 0.6 is 23.2 Å². The molecule has 46 heavy (non-hydrogen) atoms. The van der Waals surface area contributed by atoms with E-state index in [1.165, 1.54) is 0 Å². The van der Waals surface area contributed by atoms with Crippen LogP contribution in [-0.4, -0.2) is 69.5 Å². The summed E-state index contributed by atoms with van der Waals surface area (Å²) in [5.74, 6) is -0.340. The van der Waals surface area contributed by atoms with Crippen molar-refractivity contribution in [2.45, 2.75) is 38.1 Å². The van der Waals surface area contributed by atoms with E-state index in [0.717, 1.165) is 22.3 Å². The molecule has 6 rings (SSSR count). The molecule has 0 radical (unpaired) electrons. The van der Waals surface area contributed by atoms with Crippen LogP contribution in [0.4, 0.5) is 4.79 Å². The third kappa shape index (κ3) is 7.36. The number of hydrazine groups is 1. The largest absolute Gasteiger partial charge is 0.337 e. The van der Waals surface area contributed by atoms with Crippen molar-refractivity contribution in [1.82, 2.24) is 25.1 Å². The van der Waals surface area contributed by atoms with Gasteiger partial charge in [0.1, 0.15) is 12.2 Å². The van der Waals surface area contributed by atoms with Crippen molar-refractivity contribution in [2.75, 3.05) is 19.6 Å². The number of piperazine rings is 1. The lowest BCUT2D eigenvalue weighted by Crippen LogP contribution is -2.76. The van der Waals surface area contributed by atoms with Crippen LogP contribution < -0.4 is 5.32 Å². The summed E-state index contributed by atoms with van der Waals surface area (Å²) in [6.45, 7) is 1.24. The number of halogens is 2. The first-order chi connectivity index (χ1) is 22.4. The molecule has 2 saturated heterocycles. The lowest BCUT2D eigenvalue weighted by atomic mass is 9.98. The van der Waals surface area contributed by atoms with Crippen LogP contribution in [0.15, 0.2) is 109 Å². The third-order valence-electron chi connectivity index (χ3n) is 8.46. The maximum absolute atomic E-state index is 14.2. The highest BCUT2D eigenvalue weighted by Gasteiger charge is 2.51. The normalized spacial score (nSPS) is 18.4. The summed E-state index contributed by atoms with van der Waals surface area (Å²) in [6.07, 6.45) is 0.194. The Morgan fingerprint density at radius 2 is 1.33 bits per heavy atom. The number of nitrogens with one attached hydrogen (secondary N) is 1. The van der Waals surface area contributed by atoms with Gasteiger partial charge in [0.25, 0.3) is 0 Å². The molecule has 2 aliphatic heterocycles. The zero-order chi connectivity index (χ0) is 32.0. The maximum atomic E-state index is 14.2. The molecular formula is C36H35Cl2N5O3. The van der Waals surface area contributed by atoms with Gasteiger partial charge in [-0.15, -0.1) is 0 Å². The zero-order valence-corrected chi connectivity index (χ0v) is 26.8. The molecule has 2 fully saturated rings. The van der Waals surface area contributed by atoms with E-state index in [9.17, 15) is 14.4 Å². The van der Waals surface area contributed by atoms with Gasteiger partial charge in [-0.1, -0.05) is 108 Å². The molecule has 4 aromatic rings. The SMILES string of the molecule is O=C1[C@H](Cc2ccc(Cl)cc2)N2C(=O)CN(Cc3ccccc3)N(C(=O)NCc3ccccc3)[C@H]2CN1CCc1ccc(Cl)cc1. The fourth-order valence-corrected chi connectivity index (χ4v) is 6.39. The van der Waals surface area contributed by atoms with Gasteiger partial charge in [-0.25, -0.2) is 14.8 Å². The van der Waals surface area contributed by atoms with Crippen LogP contribution in [-0.2, 0) is 35.5 Å². The minimum absolute atomic E-state index is 0.0423. The number of carbonyl (C=O) groups excluding carboxylic acids is 3. The molecule has 8 nitrogen and oxygen atoms in total. The second-order valence-electron chi connectivity index (χ2n) is 11.6. The highest BCUT2D eigenvalue weighted by Crippen LogP contribution is 2.30. The first-order valence-electron chi connectivity index (χ1n) is 15.3. The van der Waals surface area contributed by atoms with E-state index in [2.05, 4.69) is 5.32 Å². The summed E-state index contributed by atoms with van der Waals surface area (Å²) in [6, 6.07) is 33.2. The summed E-state index contributed by atoms with van der Waals surface area (Å²) in [7, 11) is 0. The first kappa shape index (κ1) is 31.6. The van der Waals surface area contributed by atoms with E-state index in [1.54, 1.807) is 32.0 Å². The predicted molar refractivity (Wildman–Crippen MR) is 179 cm³/mol. The number of hydrogen-bond acceptors (Lipinski definition) is 4. The van der Waals surface area contributed by atoms with E-state index in [0.29, 0.717) is 42.5 Å². The van der Waals surface area contributed by atoms with Gasteiger partial charge in [-0.2, -0.15) is 0 Å². The van der Waals surface area contributed by atoms with Crippen molar-refractivity contribution in [3.63, 3.8) is 0 Å². The summed E-state index contributed by atoms with van der Waals surface area (Å²) in [5.41, 5.74) is 3.84. The Kier molecular flexibility index (Phi) is 9.88. The van der Waals surface area contributed by atoms with E-state index < -0.39 is 12.2 Å². The average molecular weight is 657 g/mol. The average Bonchev–Trinajstić information content (AvgIpc) is 3.07. The minimum atomic E-state index is -0.791. The monoisotopic (exact) mass is 655 g/mol. The Morgan fingerprint density at radius 3 is 1.96 bits per heavy atom. The van der Waals surface area contributed by atoms with Crippen molar-refractivity contribution >= 4 is 41.0 Å². The van der Waals surface area contributed by atoms with Gasteiger partial charge in [-0.05, 0) is 52.9 Å². The first-order valence-corrected chi connectivity index (χ1v) is 16.1. The van der Waals surface area contributed by atoms with Gasteiger partial charge in [0.15, 0.2) is 0 Å². The fourth-order valence-electron chi connectivity index (χ4n) is 6.14. The number of nitrogens with zero attached hydrogens (tertiary/aromatic N) is 4. The van der Waals surface area contributed by atoms with E-state index >= 15 is 0 Å². The molecule has 4 amide bonds. The van der Waals surface area contributed by atoms with Crippen LogP contribution in [0.2, 0.25) is 10.0 Å². The Labute approximate surface area is 279 Å². The number of rotatable bonds is 9. The molecule has 0 aliphatic carbocycles. The molecule has 4 aromatic carbocycles. The number of amides is 4. The maximum Gasteiger partial charge on any atom is 0.334 e. The van der Waals surface area contributed by atoms with Crippen molar-refractivity contribution in [1.29, 1.82) is 0 Å². The second-order valence-corrected chi connectivity index (χ2v) is 12.5. The summed E-state index contributed by atoms with van der Waals surface area (Å²) < 4.78 is 0. The summed E-state index contributed by atoms with van der Waals surface area (Å²) in [4.78, 5) is 45.8. The highest BCUT2D eigenvalue weighted by molar-refractivity contribution is 6.30. The minimum Gasteiger partial charge on any atom is -0.337 e. The highest BCUT2D eigenvalue weighted by atomic mass is 35.5. The molecule has 2 atom stereocenters. The molecule has 236 valence electrons. The van der Waals surface area contributed by atoms with Gasteiger partial charge in [0.2, 0.25) is 11.8 Å². The van der Waals surface area contributed by atoms with E-state index in [-0.39, 0.29) is 30.9 Å². The molecule has 0 aromatic heterocycles. The molecule has 2 aliphatic rings. The number of urea groups is 1. The van der Waals surface area contributed by atoms with Gasteiger partial charge < -0.3 is 15.1 Å². The Balaban J connectivity index is 1.33. The number of hydrogen-bond donors (Lipinski definition) is 1. The van der Waals surface area contributed by atoms with Crippen LogP contribution in [0.1, 0.15) is 22.3 Å². The van der Waals surface area contributed by atoms with Crippen LogP contribution in [0.5, 0.6) is 0 Å². The van der Waals surface area contributed by atoms with Gasteiger partial charge in [0.05, 0.1) is 13.1 Å². The molecule has 0 unspecified atom stereocenters. The predicted octanol–water partition coefficient (Wildman–Crippen LogP) is 5.79. The van der Waals surface area contributed by atoms with E-state index in [1.807, 2.05) is 97.1 Å². The molecule has 10 heteroatoms. The third-order valence-corrected chi connectivity index (χ3v) is 8.96. The number of carbonyl (C=O) groups is 3. The van der Waals surface area contributed by atoms with Crippen LogP contribution in [0.25, 0.3) is 0 Å². The van der Waals surface area contributed by atoms with Crippen LogP contribution in [0.3, 0.4) is 0 Å². The van der Waals surface area contributed by atoms with Crippen molar-refractivity contribution in [3.05, 3.63) is 141 Å². The second kappa shape index (κ2) is 14.4. The van der Waals surface area contributed by atoms with Gasteiger partial charge in [-0.3, -0.25) is 9.59 Å². The Morgan fingerprint density at radius 1 is 0.739 bits per heavy atom. The van der Waals surface area contributed by atoms with Crippen molar-refractivity contribution in [3.8, 4) is 0 Å². The number of fused-ring (bicyclic) bond motifs is 1. The topological polar surface area (TPSA) is 76.2 Å². The van der Waals surface area contributed by atoms with Crippen molar-refractivity contribution < 1.29 is 14.4 Å². The standard InChI is InChI=1S/C36H35Cl2N5O3/c37-30-15-11-26(12-16-30)19-20-40-24-33-42(32(35(40)45)21-27-13-17-31(38)18-14-27)34(44)25-41(23-29-9-5-2-6-10-29)43(33)36(46)39-22-28-7-3-1-4-8-28/h1-18,32-33H,19-25H2,(H,39,46)/t32-,33-/m0/s1. The lowest BCUT2D eigenvalue weighted by molar-refractivity contribution is -0.191. The molecular weight excluding hydrogens is 621 g/mol. The fraction of sp³-hybridized carbons (Fsp3) is 0.250. The number of benzene rings is 4. The molecule has 2 heterocycles. The lowest BCUT2D eigenvalue weighted by Gasteiger charge is -2.55. The molecule has 0 bridgehead atoms. The Hall–Kier alpha value is -4.37. The van der Waals surface area contributed by atoms with Crippen molar-refractivity contribution in [2.24, 2.45) is 0 Å². The molecule has 0 saturated carbocycles. The van der Waals surface area contributed by atoms with Crippen LogP contribution in [0, 0.1) is 0 Å². The van der Waals surface area contributed by atoms with Gasteiger partial charge in [0, 0.05) is 36.1 Å². The van der Waals surface area contributed by atoms with Gasteiger partial charge >= 0.3 is 6.03 Å². The summed E-state index contributed by atoms with van der Waals surface area (Å²) in [5, 5.41) is 7.75. The summed E-state index contributed by atoms with van der Waals surface area (Å²) >= 11 is 12.3. The smallest absolute Gasteiger partial charge is 0.334 e. The Bertz CT molecular complexity index is 1660. The molecule has 0 spiro atoms. The molecule has 1 N–H and O–H groups in total. The zero-order valence-electron chi connectivity index (χ0n) is 25.3. The van der Waals surface area contributed by atoms with E-state index in [4.69, 9.17) is 23.2 Å².